The average molecular weight is 142 g/mol. The summed E-state index contributed by atoms with van der Waals surface area (Å²) in [4.78, 5) is 0. The Kier molecular flexibility index (Phi) is 2.69. The van der Waals surface area contributed by atoms with Gasteiger partial charge in [0.1, 0.15) is 0 Å². The summed E-state index contributed by atoms with van der Waals surface area (Å²) in [5, 5.41) is 3.36. The number of nitrogens with one attached hydrogen (secondary N) is 1. The lowest BCUT2D eigenvalue weighted by Gasteiger charge is -2.33. The van der Waals surface area contributed by atoms with Crippen molar-refractivity contribution >= 4 is 0 Å². The highest BCUT2D eigenvalue weighted by Gasteiger charge is 2.24. The van der Waals surface area contributed by atoms with Gasteiger partial charge in [-0.15, -0.1) is 0 Å². The zero-order valence-corrected chi connectivity index (χ0v) is 6.82. The molecule has 1 rings (SSSR count). The third kappa shape index (κ3) is 1.96. The molecule has 0 aromatic heterocycles. The van der Waals surface area contributed by atoms with Gasteiger partial charge in [-0.2, -0.15) is 0 Å². The lowest BCUT2D eigenvalue weighted by atomic mass is 9.78. The van der Waals surface area contributed by atoms with Crippen LogP contribution in [0.2, 0.25) is 0 Å². The Labute approximate surface area is 63.2 Å². The Bertz CT molecular complexity index is 89.9. The molecule has 2 heteroatoms. The van der Waals surface area contributed by atoms with Crippen molar-refractivity contribution in [1.29, 1.82) is 0 Å². The van der Waals surface area contributed by atoms with E-state index in [1.807, 2.05) is 0 Å². The van der Waals surface area contributed by atoms with Crippen molar-refractivity contribution in [2.24, 2.45) is 11.1 Å². The Hall–Kier alpha value is -0.0800. The molecule has 1 heterocycles. The van der Waals surface area contributed by atoms with Gasteiger partial charge in [0, 0.05) is 0 Å². The van der Waals surface area contributed by atoms with Crippen LogP contribution in [0, 0.1) is 5.41 Å². The van der Waals surface area contributed by atoms with Gasteiger partial charge in [-0.05, 0) is 44.3 Å². The lowest BCUT2D eigenvalue weighted by Crippen LogP contribution is -2.35. The summed E-state index contributed by atoms with van der Waals surface area (Å²) in [6, 6.07) is 0. The second-order valence-corrected chi connectivity index (χ2v) is 3.60. The summed E-state index contributed by atoms with van der Waals surface area (Å²) in [7, 11) is 0. The van der Waals surface area contributed by atoms with E-state index in [1.54, 1.807) is 0 Å². The fraction of sp³-hybridized carbons (Fsp3) is 1.00. The molecule has 0 amide bonds. The summed E-state index contributed by atoms with van der Waals surface area (Å²) in [5.74, 6) is 0. The first-order chi connectivity index (χ1) is 4.77. The Morgan fingerprint density at radius 3 is 2.50 bits per heavy atom. The standard InChI is InChI=1S/C8H18N2/c1-8(2-5-9)3-6-10-7-4-8/h10H,2-7,9H2,1H3. The van der Waals surface area contributed by atoms with E-state index in [2.05, 4.69) is 12.2 Å². The molecule has 0 aliphatic carbocycles. The van der Waals surface area contributed by atoms with Crippen LogP contribution < -0.4 is 11.1 Å². The Balaban J connectivity index is 2.32. The molecule has 0 radical (unpaired) electrons. The van der Waals surface area contributed by atoms with E-state index in [4.69, 9.17) is 5.73 Å². The molecule has 3 N–H and O–H groups in total. The number of piperidine rings is 1. The maximum absolute atomic E-state index is 5.52. The van der Waals surface area contributed by atoms with Crippen LogP contribution in [0.25, 0.3) is 0 Å². The van der Waals surface area contributed by atoms with Crippen molar-refractivity contribution in [3.05, 3.63) is 0 Å². The van der Waals surface area contributed by atoms with E-state index >= 15 is 0 Å². The first-order valence-electron chi connectivity index (χ1n) is 4.18. The van der Waals surface area contributed by atoms with Crippen LogP contribution in [0.15, 0.2) is 0 Å². The summed E-state index contributed by atoms with van der Waals surface area (Å²) in [6.07, 6.45) is 3.78. The predicted octanol–water partition coefficient (Wildman–Crippen LogP) is 0.725. The molecule has 10 heavy (non-hydrogen) atoms. The average Bonchev–Trinajstić information content (AvgIpc) is 1.89. The molecule has 2 nitrogen and oxygen atoms in total. The Morgan fingerprint density at radius 1 is 1.40 bits per heavy atom. The largest absolute Gasteiger partial charge is 0.330 e. The molecule has 0 atom stereocenters. The van der Waals surface area contributed by atoms with Gasteiger partial charge < -0.3 is 11.1 Å². The summed E-state index contributed by atoms with van der Waals surface area (Å²) in [6.45, 7) is 5.55. The number of rotatable bonds is 2. The molecule has 60 valence electrons. The second-order valence-electron chi connectivity index (χ2n) is 3.60. The first-order valence-corrected chi connectivity index (χ1v) is 4.18. The second kappa shape index (κ2) is 3.35. The molecule has 0 aromatic carbocycles. The van der Waals surface area contributed by atoms with Crippen LogP contribution in [0.4, 0.5) is 0 Å². The van der Waals surface area contributed by atoms with Gasteiger partial charge >= 0.3 is 0 Å². The molecule has 0 spiro atoms. The number of hydrogen-bond acceptors (Lipinski definition) is 2. The first kappa shape index (κ1) is 8.02. The lowest BCUT2D eigenvalue weighted by molar-refractivity contribution is 0.216. The van der Waals surface area contributed by atoms with Crippen molar-refractivity contribution in [3.8, 4) is 0 Å². The molecule has 0 bridgehead atoms. The molecule has 1 aliphatic heterocycles. The van der Waals surface area contributed by atoms with E-state index in [0.717, 1.165) is 6.54 Å². The van der Waals surface area contributed by atoms with Crippen LogP contribution in [0.5, 0.6) is 0 Å². The van der Waals surface area contributed by atoms with E-state index in [0.29, 0.717) is 5.41 Å². The highest BCUT2D eigenvalue weighted by atomic mass is 14.9. The highest BCUT2D eigenvalue weighted by Crippen LogP contribution is 2.30. The molecule has 1 saturated heterocycles. The smallest absolute Gasteiger partial charge is 0.00437 e. The third-order valence-corrected chi connectivity index (χ3v) is 2.56. The van der Waals surface area contributed by atoms with E-state index < -0.39 is 0 Å². The zero-order chi connectivity index (χ0) is 7.45. The summed E-state index contributed by atoms with van der Waals surface area (Å²) < 4.78 is 0. The van der Waals surface area contributed by atoms with Gasteiger partial charge in [-0.3, -0.25) is 0 Å². The summed E-state index contributed by atoms with van der Waals surface area (Å²) in [5.41, 5.74) is 6.07. The molecule has 0 aromatic rings. The van der Waals surface area contributed by atoms with Crippen molar-refractivity contribution in [2.75, 3.05) is 19.6 Å². The summed E-state index contributed by atoms with van der Waals surface area (Å²) >= 11 is 0. The maximum atomic E-state index is 5.52. The van der Waals surface area contributed by atoms with Gasteiger partial charge in [-0.1, -0.05) is 6.92 Å². The molecule has 1 aliphatic rings. The molecule has 0 saturated carbocycles. The fourth-order valence-corrected chi connectivity index (χ4v) is 1.63. The van der Waals surface area contributed by atoms with Gasteiger partial charge in [0.05, 0.1) is 0 Å². The van der Waals surface area contributed by atoms with Crippen molar-refractivity contribution in [2.45, 2.75) is 26.2 Å². The Morgan fingerprint density at radius 2 is 2.00 bits per heavy atom. The molecular weight excluding hydrogens is 124 g/mol. The SMILES string of the molecule is CC1(CCN)CCNCC1. The van der Waals surface area contributed by atoms with Crippen molar-refractivity contribution in [3.63, 3.8) is 0 Å². The van der Waals surface area contributed by atoms with Crippen molar-refractivity contribution < 1.29 is 0 Å². The third-order valence-electron chi connectivity index (χ3n) is 2.56. The van der Waals surface area contributed by atoms with E-state index in [1.165, 1.54) is 32.4 Å². The highest BCUT2D eigenvalue weighted by molar-refractivity contribution is 4.80. The number of nitrogens with two attached hydrogens (primary N) is 1. The van der Waals surface area contributed by atoms with Crippen LogP contribution in [-0.4, -0.2) is 19.6 Å². The van der Waals surface area contributed by atoms with Crippen LogP contribution in [0.3, 0.4) is 0 Å². The quantitative estimate of drug-likeness (QED) is 0.596. The molecule has 0 unspecified atom stereocenters. The van der Waals surface area contributed by atoms with Crippen molar-refractivity contribution in [1.82, 2.24) is 5.32 Å². The van der Waals surface area contributed by atoms with Gasteiger partial charge in [0.15, 0.2) is 0 Å². The van der Waals surface area contributed by atoms with Crippen LogP contribution >= 0.6 is 0 Å². The molecular formula is C8H18N2. The van der Waals surface area contributed by atoms with Gasteiger partial charge in [-0.25, -0.2) is 0 Å². The fourth-order valence-electron chi connectivity index (χ4n) is 1.63. The minimum atomic E-state index is 0.542. The topological polar surface area (TPSA) is 38.0 Å². The maximum Gasteiger partial charge on any atom is -0.00437 e. The van der Waals surface area contributed by atoms with Crippen LogP contribution in [-0.2, 0) is 0 Å². The molecule has 1 fully saturated rings. The minimum absolute atomic E-state index is 0.542. The van der Waals surface area contributed by atoms with Gasteiger partial charge in [0.2, 0.25) is 0 Å². The normalized spacial score (nSPS) is 24.6. The van der Waals surface area contributed by atoms with E-state index in [9.17, 15) is 0 Å². The van der Waals surface area contributed by atoms with E-state index in [-0.39, 0.29) is 0 Å². The van der Waals surface area contributed by atoms with Crippen LogP contribution in [0.1, 0.15) is 26.2 Å². The number of hydrogen-bond donors (Lipinski definition) is 2. The zero-order valence-electron chi connectivity index (χ0n) is 6.82. The van der Waals surface area contributed by atoms with Gasteiger partial charge in [0.25, 0.3) is 0 Å². The predicted molar refractivity (Wildman–Crippen MR) is 43.9 cm³/mol. The monoisotopic (exact) mass is 142 g/mol. The minimum Gasteiger partial charge on any atom is -0.330 e.